The van der Waals surface area contributed by atoms with Gasteiger partial charge in [0, 0.05) is 23.4 Å². The van der Waals surface area contributed by atoms with E-state index >= 15 is 0 Å². The summed E-state index contributed by atoms with van der Waals surface area (Å²) in [6.07, 6.45) is 0. The number of alkyl halides is 1. The Hall–Kier alpha value is -1.51. The molecule has 2 aromatic rings. The number of carbonyl (C=O) groups is 1. The van der Waals surface area contributed by atoms with Crippen LogP contribution in [-0.4, -0.2) is 11.3 Å². The predicted octanol–water partition coefficient (Wildman–Crippen LogP) is 4.91. The molecule has 0 fully saturated rings. The highest BCUT2D eigenvalue weighted by molar-refractivity contribution is 6.61. The first kappa shape index (κ1) is 13.5. The maximum absolute atomic E-state index is 10.8. The van der Waals surface area contributed by atoms with E-state index in [1.807, 2.05) is 24.3 Å². The SMILES string of the molecule is O=C(Cl)OCc1cccc2c1C(CCl)c1ccccc1-2. The lowest BCUT2D eigenvalue weighted by molar-refractivity contribution is 0.166. The Kier molecular flexibility index (Phi) is 3.68. The van der Waals surface area contributed by atoms with Crippen molar-refractivity contribution in [1.82, 2.24) is 0 Å². The van der Waals surface area contributed by atoms with E-state index in [1.54, 1.807) is 0 Å². The molecular weight excluding hydrogens is 295 g/mol. The molecule has 0 N–H and O–H groups in total. The topological polar surface area (TPSA) is 26.3 Å². The lowest BCUT2D eigenvalue weighted by atomic mass is 9.95. The second-order valence-corrected chi connectivity index (χ2v) is 5.32. The molecule has 102 valence electrons. The molecule has 0 aromatic heterocycles. The zero-order valence-electron chi connectivity index (χ0n) is 10.6. The second-order valence-electron chi connectivity index (χ2n) is 4.70. The molecule has 3 rings (SSSR count). The highest BCUT2D eigenvalue weighted by Crippen LogP contribution is 2.46. The monoisotopic (exact) mass is 306 g/mol. The fourth-order valence-corrected chi connectivity index (χ4v) is 3.26. The van der Waals surface area contributed by atoms with Crippen LogP contribution in [0.15, 0.2) is 42.5 Å². The lowest BCUT2D eigenvalue weighted by Crippen LogP contribution is -2.04. The standard InChI is InChI=1S/C16H12Cl2O2/c17-8-14-12-6-2-1-5-11(12)13-7-3-4-10(15(13)14)9-20-16(18)19/h1-7,14H,8-9H2. The minimum Gasteiger partial charge on any atom is -0.449 e. The van der Waals surface area contributed by atoms with E-state index in [9.17, 15) is 4.79 Å². The van der Waals surface area contributed by atoms with Crippen LogP contribution in [0.5, 0.6) is 0 Å². The third-order valence-electron chi connectivity index (χ3n) is 3.67. The van der Waals surface area contributed by atoms with Gasteiger partial charge >= 0.3 is 5.43 Å². The molecule has 0 saturated carbocycles. The number of ether oxygens (including phenoxy) is 1. The van der Waals surface area contributed by atoms with Gasteiger partial charge in [0.2, 0.25) is 0 Å². The fourth-order valence-electron chi connectivity index (χ4n) is 2.88. The molecule has 0 saturated heterocycles. The number of benzene rings is 2. The summed E-state index contributed by atoms with van der Waals surface area (Å²) in [7, 11) is 0. The number of fused-ring (bicyclic) bond motifs is 3. The van der Waals surface area contributed by atoms with Crippen molar-refractivity contribution in [2.24, 2.45) is 0 Å². The summed E-state index contributed by atoms with van der Waals surface area (Å²) in [6, 6.07) is 14.2. The summed E-state index contributed by atoms with van der Waals surface area (Å²) in [5, 5.41) is 0. The van der Waals surface area contributed by atoms with Crippen molar-refractivity contribution in [3.05, 3.63) is 59.2 Å². The van der Waals surface area contributed by atoms with Crippen molar-refractivity contribution >= 4 is 28.6 Å². The molecule has 0 radical (unpaired) electrons. The summed E-state index contributed by atoms with van der Waals surface area (Å²) >= 11 is 11.4. The first-order valence-corrected chi connectivity index (χ1v) is 7.23. The number of hydrogen-bond donors (Lipinski definition) is 0. The molecule has 1 atom stereocenters. The average molecular weight is 307 g/mol. The third-order valence-corrected chi connectivity index (χ3v) is 4.08. The summed E-state index contributed by atoms with van der Waals surface area (Å²) in [4.78, 5) is 10.8. The van der Waals surface area contributed by atoms with Crippen molar-refractivity contribution in [2.75, 3.05) is 5.88 Å². The lowest BCUT2D eigenvalue weighted by Gasteiger charge is -2.14. The molecule has 20 heavy (non-hydrogen) atoms. The maximum Gasteiger partial charge on any atom is 0.404 e. The highest BCUT2D eigenvalue weighted by atomic mass is 35.5. The summed E-state index contributed by atoms with van der Waals surface area (Å²) in [6.45, 7) is 0.173. The van der Waals surface area contributed by atoms with Gasteiger partial charge in [0.1, 0.15) is 6.61 Å². The summed E-state index contributed by atoms with van der Waals surface area (Å²) < 4.78 is 4.93. The first-order valence-electron chi connectivity index (χ1n) is 6.31. The number of halogens is 2. The average Bonchev–Trinajstić information content (AvgIpc) is 2.79. The molecule has 1 aliphatic rings. The number of carbonyl (C=O) groups excluding carboxylic acids is 1. The van der Waals surface area contributed by atoms with Crippen molar-refractivity contribution in [2.45, 2.75) is 12.5 Å². The van der Waals surface area contributed by atoms with Crippen molar-refractivity contribution < 1.29 is 9.53 Å². The first-order chi connectivity index (χ1) is 9.72. The zero-order chi connectivity index (χ0) is 14.1. The minimum absolute atomic E-state index is 0.132. The van der Waals surface area contributed by atoms with Crippen LogP contribution in [0.2, 0.25) is 0 Å². The van der Waals surface area contributed by atoms with E-state index in [1.165, 1.54) is 11.1 Å². The quantitative estimate of drug-likeness (QED) is 0.594. The molecule has 4 heteroatoms. The Balaban J connectivity index is 2.10. The van der Waals surface area contributed by atoms with Gasteiger partial charge in [-0.05, 0) is 27.8 Å². The predicted molar refractivity (Wildman–Crippen MR) is 80.5 cm³/mol. The number of hydrogen-bond acceptors (Lipinski definition) is 2. The minimum atomic E-state index is -0.791. The van der Waals surface area contributed by atoms with E-state index in [2.05, 4.69) is 18.2 Å². The Morgan fingerprint density at radius 3 is 2.60 bits per heavy atom. The molecule has 1 aliphatic carbocycles. The molecule has 0 spiro atoms. The number of rotatable bonds is 3. The zero-order valence-corrected chi connectivity index (χ0v) is 12.1. The van der Waals surface area contributed by atoms with Gasteiger partial charge in [-0.15, -0.1) is 11.6 Å². The van der Waals surface area contributed by atoms with Crippen molar-refractivity contribution in [3.63, 3.8) is 0 Å². The van der Waals surface area contributed by atoms with Gasteiger partial charge in [-0.25, -0.2) is 4.79 Å². The van der Waals surface area contributed by atoms with Gasteiger partial charge in [-0.3, -0.25) is 0 Å². The van der Waals surface area contributed by atoms with Crippen LogP contribution in [0.25, 0.3) is 11.1 Å². The van der Waals surface area contributed by atoms with Crippen LogP contribution >= 0.6 is 23.2 Å². The maximum atomic E-state index is 10.8. The summed E-state index contributed by atoms with van der Waals surface area (Å²) in [5.74, 6) is 0.628. The van der Waals surface area contributed by atoms with Crippen LogP contribution in [0.3, 0.4) is 0 Å². The van der Waals surface area contributed by atoms with Gasteiger partial charge in [0.25, 0.3) is 0 Å². The van der Waals surface area contributed by atoms with Crippen LogP contribution < -0.4 is 0 Å². The normalized spacial score (nSPS) is 15.6. The van der Waals surface area contributed by atoms with Gasteiger partial charge in [0.05, 0.1) is 0 Å². The molecule has 0 aliphatic heterocycles. The fraction of sp³-hybridized carbons (Fsp3) is 0.188. The van der Waals surface area contributed by atoms with Gasteiger partial charge in [-0.2, -0.15) is 0 Å². The van der Waals surface area contributed by atoms with Gasteiger partial charge in [-0.1, -0.05) is 42.5 Å². The molecule has 1 unspecified atom stereocenters. The summed E-state index contributed by atoms with van der Waals surface area (Å²) in [5.41, 5.74) is 4.89. The Bertz CT molecular complexity index is 667. The molecular formula is C16H12Cl2O2. The van der Waals surface area contributed by atoms with E-state index in [-0.39, 0.29) is 12.5 Å². The molecule has 0 amide bonds. The van der Waals surface area contributed by atoms with Crippen LogP contribution in [0.4, 0.5) is 4.79 Å². The smallest absolute Gasteiger partial charge is 0.404 e. The molecule has 0 heterocycles. The van der Waals surface area contributed by atoms with Crippen LogP contribution in [0, 0.1) is 0 Å². The van der Waals surface area contributed by atoms with Crippen molar-refractivity contribution in [3.8, 4) is 11.1 Å². The molecule has 2 nitrogen and oxygen atoms in total. The third kappa shape index (κ3) is 2.19. The van der Waals surface area contributed by atoms with Gasteiger partial charge < -0.3 is 4.74 Å². The van der Waals surface area contributed by atoms with Crippen molar-refractivity contribution in [1.29, 1.82) is 0 Å². The van der Waals surface area contributed by atoms with E-state index in [0.717, 1.165) is 16.7 Å². The largest absolute Gasteiger partial charge is 0.449 e. The Morgan fingerprint density at radius 2 is 1.85 bits per heavy atom. The highest BCUT2D eigenvalue weighted by Gasteiger charge is 2.29. The molecule has 2 aromatic carbocycles. The molecule has 0 bridgehead atoms. The van der Waals surface area contributed by atoms with E-state index in [0.29, 0.717) is 5.88 Å². The van der Waals surface area contributed by atoms with Crippen LogP contribution in [0.1, 0.15) is 22.6 Å². The van der Waals surface area contributed by atoms with Crippen LogP contribution in [-0.2, 0) is 11.3 Å². The second kappa shape index (κ2) is 5.47. The Morgan fingerprint density at radius 1 is 1.10 bits per heavy atom. The van der Waals surface area contributed by atoms with E-state index in [4.69, 9.17) is 27.9 Å². The van der Waals surface area contributed by atoms with Gasteiger partial charge in [0.15, 0.2) is 0 Å². The Labute approximate surface area is 127 Å². The van der Waals surface area contributed by atoms with E-state index < -0.39 is 5.43 Å².